The van der Waals surface area contributed by atoms with Gasteiger partial charge in [0.1, 0.15) is 11.7 Å². The Kier molecular flexibility index (Phi) is 6.64. The predicted octanol–water partition coefficient (Wildman–Crippen LogP) is 5.70. The third kappa shape index (κ3) is 4.34. The molecule has 37 heavy (non-hydrogen) atoms. The van der Waals surface area contributed by atoms with Gasteiger partial charge < -0.3 is 15.1 Å². The van der Waals surface area contributed by atoms with Crippen molar-refractivity contribution in [3.05, 3.63) is 41.6 Å². The lowest BCUT2D eigenvalue weighted by molar-refractivity contribution is -0.120. The van der Waals surface area contributed by atoms with Crippen LogP contribution in [0.5, 0.6) is 0 Å². The molecule has 1 fully saturated rings. The van der Waals surface area contributed by atoms with Gasteiger partial charge in [0.2, 0.25) is 11.9 Å². The number of hydrogen-bond acceptors (Lipinski definition) is 6. The van der Waals surface area contributed by atoms with Gasteiger partial charge in [0.25, 0.3) is 0 Å². The number of rotatable bonds is 6. The van der Waals surface area contributed by atoms with Crippen molar-refractivity contribution < 1.29 is 9.18 Å². The van der Waals surface area contributed by atoms with E-state index in [1.54, 1.807) is 4.90 Å². The normalized spacial score (nSPS) is 18.2. The molecule has 1 aromatic carbocycles. The molecule has 196 valence electrons. The summed E-state index contributed by atoms with van der Waals surface area (Å²) < 4.78 is 17.0. The zero-order valence-corrected chi connectivity index (χ0v) is 22.5. The van der Waals surface area contributed by atoms with Gasteiger partial charge >= 0.3 is 0 Å². The zero-order valence-electron chi connectivity index (χ0n) is 22.5. The van der Waals surface area contributed by atoms with Gasteiger partial charge in [-0.3, -0.25) is 9.48 Å². The van der Waals surface area contributed by atoms with Crippen LogP contribution in [0.3, 0.4) is 0 Å². The van der Waals surface area contributed by atoms with Gasteiger partial charge in [-0.05, 0) is 58.2 Å². The molecule has 0 unspecified atom stereocenters. The molecule has 1 N–H and O–H groups in total. The van der Waals surface area contributed by atoms with Crippen LogP contribution in [0, 0.1) is 12.7 Å². The van der Waals surface area contributed by atoms with Gasteiger partial charge in [-0.1, -0.05) is 19.8 Å². The fourth-order valence-corrected chi connectivity index (χ4v) is 5.87. The van der Waals surface area contributed by atoms with E-state index >= 15 is 4.39 Å². The highest BCUT2D eigenvalue weighted by Crippen LogP contribution is 2.41. The highest BCUT2D eigenvalue weighted by Gasteiger charge is 2.37. The predicted molar refractivity (Wildman–Crippen MR) is 145 cm³/mol. The van der Waals surface area contributed by atoms with E-state index in [1.165, 1.54) is 19.0 Å². The molecule has 3 heterocycles. The van der Waals surface area contributed by atoms with E-state index < -0.39 is 5.82 Å². The Morgan fingerprint density at radius 3 is 2.57 bits per heavy atom. The molecular weight excluding hydrogens is 469 g/mol. The smallest absolute Gasteiger partial charge is 0.249 e. The first-order chi connectivity index (χ1) is 17.7. The molecule has 0 radical (unpaired) electrons. The number of fused-ring (bicyclic) bond motifs is 1. The Morgan fingerprint density at radius 1 is 1.16 bits per heavy atom. The highest BCUT2D eigenvalue weighted by molar-refractivity contribution is 6.05. The first kappa shape index (κ1) is 25.2. The van der Waals surface area contributed by atoms with E-state index in [2.05, 4.69) is 34.0 Å². The van der Waals surface area contributed by atoms with Crippen molar-refractivity contribution in [3.63, 3.8) is 0 Å². The lowest BCUT2D eigenvalue weighted by Crippen LogP contribution is -2.54. The Labute approximate surface area is 217 Å². The minimum absolute atomic E-state index is 0.0980. The van der Waals surface area contributed by atoms with Crippen molar-refractivity contribution in [2.75, 3.05) is 22.2 Å². The molecule has 3 aromatic rings. The van der Waals surface area contributed by atoms with E-state index in [0.29, 0.717) is 11.9 Å². The Balaban J connectivity index is 1.52. The minimum atomic E-state index is -0.455. The molecule has 9 heteroatoms. The lowest BCUT2D eigenvalue weighted by atomic mass is 9.97. The molecule has 2 aliphatic rings. The molecule has 0 spiro atoms. The maximum atomic E-state index is 15.1. The number of aromatic nitrogens is 4. The summed E-state index contributed by atoms with van der Waals surface area (Å²) in [7, 11) is 3.72. The number of nitrogens with one attached hydrogen (secondary N) is 1. The molecular formula is C28H36FN7O. The monoisotopic (exact) mass is 505 g/mol. The molecule has 1 atom stereocenters. The van der Waals surface area contributed by atoms with Crippen LogP contribution in [0.25, 0.3) is 11.3 Å². The van der Waals surface area contributed by atoms with Gasteiger partial charge in [-0.15, -0.1) is 0 Å². The molecule has 1 aliphatic carbocycles. The van der Waals surface area contributed by atoms with E-state index in [1.807, 2.05) is 50.8 Å². The molecule has 1 saturated carbocycles. The summed E-state index contributed by atoms with van der Waals surface area (Å²) in [5, 5.41) is 8.04. The topological polar surface area (TPSA) is 79.2 Å². The second-order valence-corrected chi connectivity index (χ2v) is 10.5. The van der Waals surface area contributed by atoms with Gasteiger partial charge in [0, 0.05) is 43.0 Å². The Bertz CT molecular complexity index is 1330. The summed E-state index contributed by atoms with van der Waals surface area (Å²) in [6.45, 7) is 8.19. The van der Waals surface area contributed by atoms with Crippen LogP contribution in [0.15, 0.2) is 24.4 Å². The number of halogens is 1. The Hall–Kier alpha value is -3.49. The third-order valence-corrected chi connectivity index (χ3v) is 7.85. The summed E-state index contributed by atoms with van der Waals surface area (Å²) in [6.07, 6.45) is 6.43. The van der Waals surface area contributed by atoms with Crippen LogP contribution in [0.2, 0.25) is 0 Å². The van der Waals surface area contributed by atoms with Crippen molar-refractivity contribution in [2.45, 2.75) is 77.8 Å². The van der Waals surface area contributed by atoms with E-state index in [0.717, 1.165) is 53.3 Å². The van der Waals surface area contributed by atoms with Crippen molar-refractivity contribution in [1.29, 1.82) is 0 Å². The first-order valence-corrected chi connectivity index (χ1v) is 13.2. The second-order valence-electron chi connectivity index (χ2n) is 10.5. The van der Waals surface area contributed by atoms with Crippen LogP contribution in [-0.2, 0) is 11.8 Å². The number of carbonyl (C=O) groups excluding carboxylic acids is 1. The first-order valence-electron chi connectivity index (χ1n) is 13.2. The average Bonchev–Trinajstić information content (AvgIpc) is 3.50. The van der Waals surface area contributed by atoms with Crippen molar-refractivity contribution >= 4 is 28.9 Å². The van der Waals surface area contributed by atoms with Crippen LogP contribution >= 0.6 is 0 Å². The number of anilines is 4. The van der Waals surface area contributed by atoms with Gasteiger partial charge in [0.15, 0.2) is 5.82 Å². The molecule has 2 aromatic heterocycles. The number of likely N-dealkylation sites (N-methyl/N-ethyl adjacent to an activating group) is 1. The maximum Gasteiger partial charge on any atom is 0.249 e. The average molecular weight is 506 g/mol. The summed E-state index contributed by atoms with van der Waals surface area (Å²) in [4.78, 5) is 25.8. The maximum absolute atomic E-state index is 15.1. The fourth-order valence-electron chi connectivity index (χ4n) is 5.87. The van der Waals surface area contributed by atoms with Crippen molar-refractivity contribution in [1.82, 2.24) is 19.7 Å². The van der Waals surface area contributed by atoms with Crippen LogP contribution < -0.4 is 15.1 Å². The van der Waals surface area contributed by atoms with Gasteiger partial charge in [-0.2, -0.15) is 5.10 Å². The molecule has 0 bridgehead atoms. The van der Waals surface area contributed by atoms with Gasteiger partial charge in [-0.25, -0.2) is 14.4 Å². The molecule has 1 amide bonds. The summed E-state index contributed by atoms with van der Waals surface area (Å²) in [5.41, 5.74) is 5.50. The highest BCUT2D eigenvalue weighted by atomic mass is 19.1. The Morgan fingerprint density at radius 2 is 1.89 bits per heavy atom. The summed E-state index contributed by atoms with van der Waals surface area (Å²) in [6, 6.07) is 5.79. The van der Waals surface area contributed by atoms with Crippen molar-refractivity contribution in [2.24, 2.45) is 7.05 Å². The molecule has 1 aliphatic heterocycles. The third-order valence-electron chi connectivity index (χ3n) is 7.85. The quantitative estimate of drug-likeness (QED) is 0.463. The SMILES string of the molecule is CC[C@@H]1C(=O)N(C)c2ccc(Nc3ncc(F)c(-c4c(C5CCCC5)nn(C)c4C)n3)cc2N1C(C)C. The number of carbonyl (C=O) groups is 1. The molecule has 0 saturated heterocycles. The number of benzene rings is 1. The minimum Gasteiger partial charge on any atom is -0.355 e. The number of hydrogen-bond donors (Lipinski definition) is 1. The summed E-state index contributed by atoms with van der Waals surface area (Å²) in [5.74, 6) is 0.291. The largest absolute Gasteiger partial charge is 0.355 e. The van der Waals surface area contributed by atoms with Crippen molar-refractivity contribution in [3.8, 4) is 11.3 Å². The van der Waals surface area contributed by atoms with Crippen LogP contribution in [0.4, 0.5) is 27.4 Å². The standard InChI is InChI=1S/C28H36FN7O/c1-7-21-27(37)34(5)22-13-12-19(14-23(22)36(21)16(2)3)31-28-30-15-20(29)26(32-28)24-17(4)35(6)33-25(24)18-10-8-9-11-18/h12-16,18,21H,7-11H2,1-6H3,(H,30,31,32)/t21-/m1/s1. The van der Waals surface area contributed by atoms with E-state index in [4.69, 9.17) is 5.10 Å². The van der Waals surface area contributed by atoms with Crippen LogP contribution in [-0.4, -0.2) is 44.8 Å². The van der Waals surface area contributed by atoms with E-state index in [-0.39, 0.29) is 23.7 Å². The van der Waals surface area contributed by atoms with E-state index in [9.17, 15) is 4.79 Å². The summed E-state index contributed by atoms with van der Waals surface area (Å²) >= 11 is 0. The lowest BCUT2D eigenvalue weighted by Gasteiger charge is -2.44. The van der Waals surface area contributed by atoms with Gasteiger partial charge in [0.05, 0.1) is 23.3 Å². The number of aryl methyl sites for hydroxylation is 1. The molecule has 8 nitrogen and oxygen atoms in total. The number of nitrogens with zero attached hydrogens (tertiary/aromatic N) is 6. The second kappa shape index (κ2) is 9.76. The molecule has 5 rings (SSSR count). The zero-order chi connectivity index (χ0) is 26.4. The number of amides is 1. The van der Waals surface area contributed by atoms with Crippen LogP contribution in [0.1, 0.15) is 70.2 Å². The fraction of sp³-hybridized carbons (Fsp3) is 0.500.